The number of nitrogens with zero attached hydrogens (tertiary/aromatic N) is 1. The summed E-state index contributed by atoms with van der Waals surface area (Å²) in [6, 6.07) is 11.1. The first-order valence-electron chi connectivity index (χ1n) is 10.4. The van der Waals surface area contributed by atoms with Crippen molar-refractivity contribution < 1.29 is 32.5 Å². The Hall–Kier alpha value is -3.30. The van der Waals surface area contributed by atoms with Crippen LogP contribution in [-0.4, -0.2) is 36.0 Å². The van der Waals surface area contributed by atoms with Crippen LogP contribution >= 0.6 is 11.6 Å². The van der Waals surface area contributed by atoms with Gasteiger partial charge in [-0.05, 0) is 41.0 Å². The first kappa shape index (κ1) is 26.3. The van der Waals surface area contributed by atoms with Crippen molar-refractivity contribution in [3.63, 3.8) is 0 Å². The van der Waals surface area contributed by atoms with Crippen LogP contribution in [0.4, 0.5) is 13.2 Å². The van der Waals surface area contributed by atoms with Crippen molar-refractivity contribution in [2.45, 2.75) is 24.6 Å². The van der Waals surface area contributed by atoms with Crippen molar-refractivity contribution in [2.24, 2.45) is 7.05 Å². The van der Waals surface area contributed by atoms with Crippen LogP contribution < -0.4 is 10.3 Å². The predicted molar refractivity (Wildman–Crippen MR) is 125 cm³/mol. The molecule has 0 fully saturated rings. The molecule has 10 heteroatoms. The highest BCUT2D eigenvalue weighted by Crippen LogP contribution is 2.49. The Balaban J connectivity index is 2.07. The number of pyridine rings is 1. The molecular formula is C25H23ClF3NO5. The second-order valence-electron chi connectivity index (χ2n) is 8.00. The molecule has 2 unspecified atom stereocenters. The van der Waals surface area contributed by atoms with Gasteiger partial charge in [-0.3, -0.25) is 4.79 Å². The van der Waals surface area contributed by atoms with Crippen molar-refractivity contribution in [3.05, 3.63) is 86.8 Å². The number of methoxy groups -OCH3 is 2. The van der Waals surface area contributed by atoms with E-state index in [1.807, 2.05) is 0 Å². The Bertz CT molecular complexity index is 1320. The van der Waals surface area contributed by atoms with Crippen LogP contribution in [0.5, 0.6) is 5.75 Å². The number of halogens is 4. The Morgan fingerprint density at radius 2 is 1.69 bits per heavy atom. The Kier molecular flexibility index (Phi) is 7.33. The normalized spacial score (nSPS) is 14.2. The quantitative estimate of drug-likeness (QED) is 0.470. The number of aryl methyl sites for hydroxylation is 1. The summed E-state index contributed by atoms with van der Waals surface area (Å²) in [5.74, 6) is -1.85. The van der Waals surface area contributed by atoms with E-state index in [9.17, 15) is 27.9 Å². The second kappa shape index (κ2) is 9.75. The summed E-state index contributed by atoms with van der Waals surface area (Å²) in [6.45, 7) is 1.22. The summed E-state index contributed by atoms with van der Waals surface area (Å²) in [5, 5.41) is 11.0. The molecule has 1 N–H and O–H groups in total. The molecule has 6 nitrogen and oxygen atoms in total. The van der Waals surface area contributed by atoms with Gasteiger partial charge >= 0.3 is 12.1 Å². The number of aromatic nitrogens is 1. The van der Waals surface area contributed by atoms with E-state index >= 15 is 0 Å². The summed E-state index contributed by atoms with van der Waals surface area (Å²) in [6.07, 6.45) is -4.10. The highest BCUT2D eigenvalue weighted by atomic mass is 35.5. The summed E-state index contributed by atoms with van der Waals surface area (Å²) in [7, 11) is 3.93. The van der Waals surface area contributed by atoms with Crippen molar-refractivity contribution in [3.8, 4) is 16.9 Å². The number of hydrogen-bond donors (Lipinski definition) is 1. The third-order valence-corrected chi connectivity index (χ3v) is 6.32. The van der Waals surface area contributed by atoms with E-state index in [0.29, 0.717) is 11.1 Å². The first-order chi connectivity index (χ1) is 16.3. The van der Waals surface area contributed by atoms with Crippen molar-refractivity contribution >= 4 is 17.6 Å². The Morgan fingerprint density at radius 3 is 2.23 bits per heavy atom. The zero-order valence-electron chi connectivity index (χ0n) is 19.3. The molecule has 3 aromatic rings. The van der Waals surface area contributed by atoms with E-state index in [4.69, 9.17) is 21.1 Å². The Morgan fingerprint density at radius 1 is 1.06 bits per heavy atom. The summed E-state index contributed by atoms with van der Waals surface area (Å²) in [4.78, 5) is 23.6. The molecule has 1 aromatic heterocycles. The number of alkyl halides is 3. The van der Waals surface area contributed by atoms with Crippen LogP contribution in [0.25, 0.3) is 11.1 Å². The first-order valence-corrected chi connectivity index (χ1v) is 10.7. The fourth-order valence-corrected chi connectivity index (χ4v) is 4.26. The van der Waals surface area contributed by atoms with Crippen molar-refractivity contribution in [1.29, 1.82) is 0 Å². The number of benzene rings is 2. The largest absolute Gasteiger partial charge is 0.496 e. The molecule has 3 rings (SSSR count). The lowest BCUT2D eigenvalue weighted by molar-refractivity contribution is -0.274. The molecule has 2 aromatic carbocycles. The van der Waals surface area contributed by atoms with Gasteiger partial charge in [-0.15, -0.1) is 0 Å². The van der Waals surface area contributed by atoms with E-state index < -0.39 is 34.8 Å². The number of hydrogen-bond acceptors (Lipinski definition) is 5. The van der Waals surface area contributed by atoms with Gasteiger partial charge < -0.3 is 19.1 Å². The molecular weight excluding hydrogens is 487 g/mol. The SMILES string of the molecule is COC(=O)c1ccc(-c2ccc(C(C)C(O)(c3ccc(=O)n(C)c3)C(F)(F)F)c(Cl)c2)cc1OC. The maximum atomic E-state index is 14.2. The van der Waals surface area contributed by atoms with E-state index in [1.54, 1.807) is 18.2 Å². The van der Waals surface area contributed by atoms with Crippen molar-refractivity contribution in [2.75, 3.05) is 14.2 Å². The molecule has 0 aliphatic heterocycles. The lowest BCUT2D eigenvalue weighted by Gasteiger charge is -2.37. The van der Waals surface area contributed by atoms with Crippen LogP contribution in [-0.2, 0) is 17.4 Å². The lowest BCUT2D eigenvalue weighted by Crippen LogP contribution is -2.47. The highest BCUT2D eigenvalue weighted by molar-refractivity contribution is 6.31. The van der Waals surface area contributed by atoms with Gasteiger partial charge in [0.15, 0.2) is 5.60 Å². The summed E-state index contributed by atoms with van der Waals surface area (Å²) in [5.41, 5.74) is -2.89. The average Bonchev–Trinajstić information content (AvgIpc) is 2.83. The van der Waals surface area contributed by atoms with Crippen LogP contribution in [0.15, 0.2) is 59.5 Å². The van der Waals surface area contributed by atoms with Crippen LogP contribution in [0.2, 0.25) is 5.02 Å². The van der Waals surface area contributed by atoms with Crippen LogP contribution in [0.3, 0.4) is 0 Å². The van der Waals surface area contributed by atoms with E-state index in [-0.39, 0.29) is 21.9 Å². The molecule has 0 bridgehead atoms. The number of carbonyl (C=O) groups excluding carboxylic acids is 1. The molecule has 35 heavy (non-hydrogen) atoms. The van der Waals surface area contributed by atoms with Gasteiger partial charge in [0.25, 0.3) is 0 Å². The number of ether oxygens (including phenoxy) is 2. The molecule has 186 valence electrons. The minimum Gasteiger partial charge on any atom is -0.496 e. The molecule has 0 radical (unpaired) electrons. The van der Waals surface area contributed by atoms with Crippen LogP contribution in [0, 0.1) is 0 Å². The fraction of sp³-hybridized carbons (Fsp3) is 0.280. The maximum Gasteiger partial charge on any atom is 0.422 e. The zero-order chi connectivity index (χ0) is 26.1. The fourth-order valence-electron chi connectivity index (χ4n) is 3.91. The van der Waals surface area contributed by atoms with Gasteiger partial charge in [0.05, 0.1) is 14.2 Å². The van der Waals surface area contributed by atoms with E-state index in [0.717, 1.165) is 22.9 Å². The number of rotatable bonds is 6. The number of aliphatic hydroxyl groups is 1. The molecule has 0 spiro atoms. The van der Waals surface area contributed by atoms with E-state index in [2.05, 4.69) is 0 Å². The van der Waals surface area contributed by atoms with Gasteiger partial charge in [0.1, 0.15) is 11.3 Å². The standard InChI is InChI=1S/C25H23ClF3NO5/c1-14(24(33,25(27,28)29)17-7-10-22(31)30(2)13-17)18-8-5-15(11-20(18)26)16-6-9-19(23(32)35-4)21(12-16)34-3/h5-14,33H,1-4H3. The van der Waals surface area contributed by atoms with Gasteiger partial charge in [0.2, 0.25) is 5.56 Å². The second-order valence-corrected chi connectivity index (χ2v) is 8.40. The molecule has 0 aliphatic rings. The van der Waals surface area contributed by atoms with Gasteiger partial charge in [-0.25, -0.2) is 4.79 Å². The predicted octanol–water partition coefficient (Wildman–Crippen LogP) is 5.05. The minimum absolute atomic E-state index is 0.00138. The van der Waals surface area contributed by atoms with E-state index in [1.165, 1.54) is 46.4 Å². The molecule has 0 aliphatic carbocycles. The highest BCUT2D eigenvalue weighted by Gasteiger charge is 2.59. The third-order valence-electron chi connectivity index (χ3n) is 5.99. The summed E-state index contributed by atoms with van der Waals surface area (Å²) >= 11 is 6.41. The van der Waals surface area contributed by atoms with Gasteiger partial charge in [-0.2, -0.15) is 13.2 Å². The van der Waals surface area contributed by atoms with Crippen LogP contribution in [0.1, 0.15) is 34.3 Å². The third kappa shape index (κ3) is 4.78. The average molecular weight is 510 g/mol. The number of carbonyl (C=O) groups is 1. The minimum atomic E-state index is -5.07. The van der Waals surface area contributed by atoms with Gasteiger partial charge in [0, 0.05) is 35.8 Å². The monoisotopic (exact) mass is 509 g/mol. The molecule has 0 saturated heterocycles. The number of esters is 1. The molecule has 0 saturated carbocycles. The zero-order valence-corrected chi connectivity index (χ0v) is 20.1. The smallest absolute Gasteiger partial charge is 0.422 e. The Labute approximate surface area is 204 Å². The summed E-state index contributed by atoms with van der Waals surface area (Å²) < 4.78 is 53.6. The topological polar surface area (TPSA) is 77.8 Å². The van der Waals surface area contributed by atoms with Gasteiger partial charge in [-0.1, -0.05) is 36.7 Å². The molecule has 2 atom stereocenters. The molecule has 0 amide bonds. The van der Waals surface area contributed by atoms with Crippen molar-refractivity contribution in [1.82, 2.24) is 4.57 Å². The lowest BCUT2D eigenvalue weighted by atomic mass is 9.78. The molecule has 1 heterocycles. The maximum absolute atomic E-state index is 14.2.